The number of nitrogens with one attached hydrogen (secondary N) is 1. The van der Waals surface area contributed by atoms with Gasteiger partial charge in [-0.3, -0.25) is 0 Å². The minimum atomic E-state index is -3.24. The van der Waals surface area contributed by atoms with Gasteiger partial charge in [0, 0.05) is 25.0 Å². The lowest BCUT2D eigenvalue weighted by Crippen LogP contribution is -2.41. The van der Waals surface area contributed by atoms with E-state index < -0.39 is 10.2 Å². The van der Waals surface area contributed by atoms with Crippen LogP contribution in [0.25, 0.3) is 0 Å². The SMILES string of the molecule is CC(CBr)CCCNS(=O)(=O)N1CCCCCC1. The highest BCUT2D eigenvalue weighted by molar-refractivity contribution is 9.09. The average Bonchev–Trinajstić information content (AvgIpc) is 2.63. The van der Waals surface area contributed by atoms with Gasteiger partial charge in [-0.05, 0) is 31.6 Å². The van der Waals surface area contributed by atoms with Crippen LogP contribution in [0.15, 0.2) is 0 Å². The summed E-state index contributed by atoms with van der Waals surface area (Å²) in [4.78, 5) is 0. The van der Waals surface area contributed by atoms with Gasteiger partial charge in [0.2, 0.25) is 0 Å². The van der Waals surface area contributed by atoms with E-state index in [0.29, 0.717) is 25.6 Å². The van der Waals surface area contributed by atoms with Gasteiger partial charge >= 0.3 is 0 Å². The molecular formula is C12H25BrN2O2S. The predicted molar refractivity (Wildman–Crippen MR) is 79.2 cm³/mol. The molecule has 108 valence electrons. The Morgan fingerprint density at radius 1 is 1.22 bits per heavy atom. The van der Waals surface area contributed by atoms with Crippen molar-refractivity contribution < 1.29 is 8.42 Å². The van der Waals surface area contributed by atoms with Gasteiger partial charge in [-0.25, -0.2) is 4.72 Å². The first-order chi connectivity index (χ1) is 8.56. The normalized spacial score (nSPS) is 20.6. The smallest absolute Gasteiger partial charge is 0.202 e. The Morgan fingerprint density at radius 3 is 2.39 bits per heavy atom. The van der Waals surface area contributed by atoms with Crippen LogP contribution < -0.4 is 4.72 Å². The summed E-state index contributed by atoms with van der Waals surface area (Å²) >= 11 is 3.43. The maximum atomic E-state index is 12.1. The van der Waals surface area contributed by atoms with Gasteiger partial charge in [0.15, 0.2) is 0 Å². The van der Waals surface area contributed by atoms with Crippen LogP contribution in [0.1, 0.15) is 45.4 Å². The second kappa shape index (κ2) is 8.51. The summed E-state index contributed by atoms with van der Waals surface area (Å²) in [6.45, 7) is 4.06. The van der Waals surface area contributed by atoms with Crippen molar-refractivity contribution in [1.82, 2.24) is 9.03 Å². The van der Waals surface area contributed by atoms with Crippen molar-refractivity contribution in [3.05, 3.63) is 0 Å². The maximum absolute atomic E-state index is 12.1. The third-order valence-corrected chi connectivity index (χ3v) is 6.05. The minimum Gasteiger partial charge on any atom is -0.202 e. The Labute approximate surface area is 120 Å². The van der Waals surface area contributed by atoms with Crippen LogP contribution in [-0.2, 0) is 10.2 Å². The van der Waals surface area contributed by atoms with Crippen molar-refractivity contribution in [3.63, 3.8) is 0 Å². The quantitative estimate of drug-likeness (QED) is 0.571. The van der Waals surface area contributed by atoms with Crippen molar-refractivity contribution >= 4 is 26.1 Å². The molecule has 6 heteroatoms. The predicted octanol–water partition coefficient (Wildman–Crippen LogP) is 2.51. The standard InChI is InChI=1S/C12H25BrN2O2S/c1-12(11-13)7-6-8-14-18(16,17)15-9-4-2-3-5-10-15/h12,14H,2-11H2,1H3. The molecule has 1 aliphatic rings. The number of halogens is 1. The Morgan fingerprint density at radius 2 is 1.83 bits per heavy atom. The molecule has 1 heterocycles. The fourth-order valence-electron chi connectivity index (χ4n) is 2.10. The molecule has 0 saturated carbocycles. The molecule has 0 radical (unpaired) electrons. The van der Waals surface area contributed by atoms with E-state index in [-0.39, 0.29) is 0 Å². The van der Waals surface area contributed by atoms with Crippen molar-refractivity contribution in [2.24, 2.45) is 5.92 Å². The summed E-state index contributed by atoms with van der Waals surface area (Å²) in [6.07, 6.45) is 6.22. The number of hydrogen-bond acceptors (Lipinski definition) is 2. The van der Waals surface area contributed by atoms with Crippen LogP contribution in [0.4, 0.5) is 0 Å². The van der Waals surface area contributed by atoms with Crippen LogP contribution in [0.3, 0.4) is 0 Å². The van der Waals surface area contributed by atoms with E-state index in [9.17, 15) is 8.42 Å². The number of hydrogen-bond donors (Lipinski definition) is 1. The van der Waals surface area contributed by atoms with Gasteiger partial charge in [0.1, 0.15) is 0 Å². The first-order valence-electron chi connectivity index (χ1n) is 6.87. The average molecular weight is 341 g/mol. The van der Waals surface area contributed by atoms with Crippen LogP contribution in [0.5, 0.6) is 0 Å². The molecule has 0 aliphatic carbocycles. The zero-order valence-corrected chi connectivity index (χ0v) is 13.6. The maximum Gasteiger partial charge on any atom is 0.279 e. The van der Waals surface area contributed by atoms with E-state index in [2.05, 4.69) is 27.6 Å². The molecule has 4 nitrogen and oxygen atoms in total. The Bertz CT molecular complexity index is 314. The largest absolute Gasteiger partial charge is 0.279 e. The Balaban J connectivity index is 2.30. The van der Waals surface area contributed by atoms with E-state index in [4.69, 9.17) is 0 Å². The Kier molecular flexibility index (Phi) is 7.75. The van der Waals surface area contributed by atoms with Crippen molar-refractivity contribution in [3.8, 4) is 0 Å². The van der Waals surface area contributed by atoms with Gasteiger partial charge in [-0.2, -0.15) is 12.7 Å². The lowest BCUT2D eigenvalue weighted by Gasteiger charge is -2.20. The summed E-state index contributed by atoms with van der Waals surface area (Å²) in [5.41, 5.74) is 0. The van der Waals surface area contributed by atoms with E-state index in [1.165, 1.54) is 0 Å². The minimum absolute atomic E-state index is 0.552. The third kappa shape index (κ3) is 5.99. The Hall–Kier alpha value is 0.350. The zero-order chi connectivity index (χ0) is 13.4. The highest BCUT2D eigenvalue weighted by Crippen LogP contribution is 2.13. The summed E-state index contributed by atoms with van der Waals surface area (Å²) < 4.78 is 28.4. The first-order valence-corrected chi connectivity index (χ1v) is 9.43. The van der Waals surface area contributed by atoms with Crippen molar-refractivity contribution in [2.45, 2.75) is 45.4 Å². The first kappa shape index (κ1) is 16.4. The molecule has 1 saturated heterocycles. The van der Waals surface area contributed by atoms with E-state index in [1.807, 2.05) is 0 Å². The highest BCUT2D eigenvalue weighted by atomic mass is 79.9. The topological polar surface area (TPSA) is 49.4 Å². The second-order valence-electron chi connectivity index (χ2n) is 5.11. The molecule has 0 spiro atoms. The lowest BCUT2D eigenvalue weighted by molar-refractivity contribution is 0.413. The summed E-state index contributed by atoms with van der Waals surface area (Å²) in [5, 5.41) is 0.978. The van der Waals surface area contributed by atoms with Gasteiger partial charge in [-0.15, -0.1) is 0 Å². The van der Waals surface area contributed by atoms with E-state index >= 15 is 0 Å². The summed E-state index contributed by atoms with van der Waals surface area (Å²) in [7, 11) is -3.24. The molecule has 0 bridgehead atoms. The summed E-state index contributed by atoms with van der Waals surface area (Å²) in [6, 6.07) is 0. The van der Waals surface area contributed by atoms with Crippen LogP contribution in [-0.4, -0.2) is 37.7 Å². The second-order valence-corrected chi connectivity index (χ2v) is 7.52. The molecule has 1 N–H and O–H groups in total. The number of nitrogens with zero attached hydrogens (tertiary/aromatic N) is 1. The third-order valence-electron chi connectivity index (χ3n) is 3.33. The van der Waals surface area contributed by atoms with Gasteiger partial charge < -0.3 is 0 Å². The van der Waals surface area contributed by atoms with Gasteiger partial charge in [-0.1, -0.05) is 35.7 Å². The molecule has 18 heavy (non-hydrogen) atoms. The molecule has 1 rings (SSSR count). The van der Waals surface area contributed by atoms with E-state index in [0.717, 1.165) is 43.9 Å². The summed E-state index contributed by atoms with van der Waals surface area (Å²) in [5.74, 6) is 0.604. The van der Waals surface area contributed by atoms with Crippen molar-refractivity contribution in [1.29, 1.82) is 0 Å². The number of alkyl halides is 1. The van der Waals surface area contributed by atoms with Crippen LogP contribution in [0.2, 0.25) is 0 Å². The molecule has 0 aromatic rings. The molecule has 0 amide bonds. The molecule has 1 atom stereocenters. The molecule has 1 unspecified atom stereocenters. The number of rotatable bonds is 7. The van der Waals surface area contributed by atoms with Crippen molar-refractivity contribution in [2.75, 3.05) is 25.0 Å². The highest BCUT2D eigenvalue weighted by Gasteiger charge is 2.21. The zero-order valence-electron chi connectivity index (χ0n) is 11.2. The molecular weight excluding hydrogens is 316 g/mol. The molecule has 0 aromatic heterocycles. The molecule has 0 aromatic carbocycles. The fraction of sp³-hybridized carbons (Fsp3) is 1.00. The van der Waals surface area contributed by atoms with E-state index in [1.54, 1.807) is 4.31 Å². The van der Waals surface area contributed by atoms with Crippen LogP contribution in [0, 0.1) is 5.92 Å². The fourth-order valence-corrected chi connectivity index (χ4v) is 3.75. The lowest BCUT2D eigenvalue weighted by atomic mass is 10.1. The van der Waals surface area contributed by atoms with Crippen LogP contribution >= 0.6 is 15.9 Å². The molecule has 1 fully saturated rings. The monoisotopic (exact) mass is 340 g/mol. The van der Waals surface area contributed by atoms with Gasteiger partial charge in [0.05, 0.1) is 0 Å². The van der Waals surface area contributed by atoms with Gasteiger partial charge in [0.25, 0.3) is 10.2 Å². The molecule has 1 aliphatic heterocycles.